The Morgan fingerprint density at radius 1 is 1.13 bits per heavy atom. The van der Waals surface area contributed by atoms with Crippen molar-refractivity contribution >= 4 is 23.5 Å². The van der Waals surface area contributed by atoms with Crippen molar-refractivity contribution in [2.75, 3.05) is 4.90 Å². The number of carbonyl (C=O) groups is 3. The van der Waals surface area contributed by atoms with Gasteiger partial charge in [0.05, 0.1) is 0 Å². The lowest BCUT2D eigenvalue weighted by Gasteiger charge is -2.23. The predicted molar refractivity (Wildman–Crippen MR) is 78.9 cm³/mol. The summed E-state index contributed by atoms with van der Waals surface area (Å²) in [5, 5.41) is 9.16. The highest BCUT2D eigenvalue weighted by Crippen LogP contribution is 2.33. The van der Waals surface area contributed by atoms with Crippen LogP contribution in [0.25, 0.3) is 0 Å². The first-order valence-electron chi connectivity index (χ1n) is 6.75. The molecule has 0 fully saturated rings. The van der Waals surface area contributed by atoms with Crippen LogP contribution in [-0.4, -0.2) is 38.9 Å². The zero-order valence-corrected chi connectivity index (χ0v) is 11.8. The number of nitrogens with zero attached hydrogens (tertiary/aromatic N) is 3. The number of aromatic nitrogens is 2. The van der Waals surface area contributed by atoms with Crippen LogP contribution in [-0.2, 0) is 11.2 Å². The van der Waals surface area contributed by atoms with Gasteiger partial charge in [0.25, 0.3) is 5.91 Å². The van der Waals surface area contributed by atoms with Crippen LogP contribution in [0.2, 0.25) is 0 Å². The second-order valence-electron chi connectivity index (χ2n) is 4.98. The number of hydrogen-bond acceptors (Lipinski definition) is 5. The van der Waals surface area contributed by atoms with Crippen molar-refractivity contribution in [1.82, 2.24) is 9.97 Å². The number of para-hydroxylation sites is 1. The lowest BCUT2D eigenvalue weighted by Crippen LogP contribution is -2.46. The number of amides is 2. The minimum Gasteiger partial charge on any atom is -0.476 e. The van der Waals surface area contributed by atoms with Gasteiger partial charge in [0, 0.05) is 24.5 Å². The van der Waals surface area contributed by atoms with Gasteiger partial charge >= 0.3 is 5.97 Å². The highest BCUT2D eigenvalue weighted by molar-refractivity contribution is 6.13. The number of anilines is 1. The fourth-order valence-corrected chi connectivity index (χ4v) is 2.63. The Kier molecular flexibility index (Phi) is 3.49. The van der Waals surface area contributed by atoms with Gasteiger partial charge in [0.15, 0.2) is 11.4 Å². The van der Waals surface area contributed by atoms with E-state index in [0.717, 1.165) is 5.56 Å². The molecule has 3 N–H and O–H groups in total. The molecule has 0 unspecified atom stereocenters. The second kappa shape index (κ2) is 5.48. The number of hydrogen-bond donors (Lipinski definition) is 2. The van der Waals surface area contributed by atoms with Crippen molar-refractivity contribution in [3.05, 3.63) is 53.6 Å². The van der Waals surface area contributed by atoms with E-state index in [4.69, 9.17) is 10.8 Å². The van der Waals surface area contributed by atoms with E-state index in [1.54, 1.807) is 24.3 Å². The average molecular weight is 312 g/mol. The third-order valence-electron chi connectivity index (χ3n) is 3.63. The molecule has 8 heteroatoms. The van der Waals surface area contributed by atoms with E-state index >= 15 is 0 Å². The monoisotopic (exact) mass is 312 g/mol. The van der Waals surface area contributed by atoms with Gasteiger partial charge in [-0.3, -0.25) is 14.5 Å². The number of carbonyl (C=O) groups excluding carboxylic acids is 2. The summed E-state index contributed by atoms with van der Waals surface area (Å²) in [6.07, 6.45) is 2.69. The summed E-state index contributed by atoms with van der Waals surface area (Å²) >= 11 is 0. The molecule has 1 aliphatic rings. The van der Waals surface area contributed by atoms with Crippen molar-refractivity contribution < 1.29 is 19.5 Å². The fraction of sp³-hybridized carbons (Fsp3) is 0.133. The zero-order valence-electron chi connectivity index (χ0n) is 11.8. The van der Waals surface area contributed by atoms with Crippen molar-refractivity contribution in [1.29, 1.82) is 0 Å². The summed E-state index contributed by atoms with van der Waals surface area (Å²) in [7, 11) is 0. The normalized spacial score (nSPS) is 16.0. The lowest BCUT2D eigenvalue weighted by atomic mass is 10.1. The van der Waals surface area contributed by atoms with Gasteiger partial charge < -0.3 is 10.8 Å². The Bertz CT molecular complexity index is 821. The van der Waals surface area contributed by atoms with E-state index < -0.39 is 29.5 Å². The first kappa shape index (κ1) is 14.6. The van der Waals surface area contributed by atoms with E-state index in [-0.39, 0.29) is 12.1 Å². The van der Waals surface area contributed by atoms with E-state index in [2.05, 4.69) is 9.97 Å². The number of nitrogens with two attached hydrogens (primary N) is 1. The number of rotatable bonds is 3. The predicted octanol–water partition coefficient (Wildman–Crippen LogP) is 0.232. The molecule has 0 bridgehead atoms. The Balaban J connectivity index is 2.10. The maximum absolute atomic E-state index is 12.8. The van der Waals surface area contributed by atoms with E-state index in [1.165, 1.54) is 17.3 Å². The summed E-state index contributed by atoms with van der Waals surface area (Å²) in [6.45, 7) is 0. The summed E-state index contributed by atoms with van der Waals surface area (Å²) < 4.78 is 0. The van der Waals surface area contributed by atoms with Crippen LogP contribution in [0.5, 0.6) is 0 Å². The number of carboxylic acid groups (broad SMARTS) is 1. The van der Waals surface area contributed by atoms with Crippen LogP contribution in [0.15, 0.2) is 36.7 Å². The van der Waals surface area contributed by atoms with Crippen molar-refractivity contribution in [3.8, 4) is 0 Å². The first-order valence-corrected chi connectivity index (χ1v) is 6.75. The van der Waals surface area contributed by atoms with Gasteiger partial charge in [0.2, 0.25) is 5.91 Å². The summed E-state index contributed by atoms with van der Waals surface area (Å²) in [5.41, 5.74) is 5.90. The molecule has 1 atom stereocenters. The third kappa shape index (κ3) is 2.39. The van der Waals surface area contributed by atoms with E-state index in [9.17, 15) is 14.4 Å². The summed E-state index contributed by atoms with van der Waals surface area (Å²) in [6, 6.07) is 6.08. The van der Waals surface area contributed by atoms with Crippen LogP contribution in [0.4, 0.5) is 5.69 Å². The smallest absolute Gasteiger partial charge is 0.356 e. The summed E-state index contributed by atoms with van der Waals surface area (Å²) in [5.74, 6) is -2.76. The quantitative estimate of drug-likeness (QED) is 0.835. The molecule has 0 saturated carbocycles. The van der Waals surface area contributed by atoms with Gasteiger partial charge in [-0.1, -0.05) is 18.2 Å². The lowest BCUT2D eigenvalue weighted by molar-refractivity contribution is -0.119. The fourth-order valence-electron chi connectivity index (χ4n) is 2.63. The largest absolute Gasteiger partial charge is 0.476 e. The number of benzene rings is 1. The molecule has 1 aromatic heterocycles. The molecule has 1 aliphatic heterocycles. The van der Waals surface area contributed by atoms with Crippen molar-refractivity contribution in [3.63, 3.8) is 0 Å². The van der Waals surface area contributed by atoms with E-state index in [1.807, 2.05) is 0 Å². The number of fused-ring (bicyclic) bond motifs is 1. The van der Waals surface area contributed by atoms with Gasteiger partial charge in [-0.2, -0.15) is 0 Å². The molecular formula is C15H12N4O4. The van der Waals surface area contributed by atoms with Crippen LogP contribution in [0.1, 0.15) is 26.5 Å². The third-order valence-corrected chi connectivity index (χ3v) is 3.63. The maximum atomic E-state index is 12.8. The van der Waals surface area contributed by atoms with Crippen LogP contribution < -0.4 is 10.6 Å². The highest BCUT2D eigenvalue weighted by Gasteiger charge is 2.39. The number of aromatic carboxylic acids is 1. The molecular weight excluding hydrogens is 300 g/mol. The molecule has 2 aromatic rings. The number of primary amides is 1. The highest BCUT2D eigenvalue weighted by atomic mass is 16.4. The average Bonchev–Trinajstić information content (AvgIpc) is 2.94. The molecule has 0 saturated heterocycles. The molecule has 1 aromatic carbocycles. The molecule has 116 valence electrons. The Hall–Kier alpha value is -3.29. The van der Waals surface area contributed by atoms with Crippen LogP contribution >= 0.6 is 0 Å². The minimum atomic E-state index is -1.37. The standard InChI is InChI=1S/C15H12N4O4/c16-13(20)10-7-8-3-1-2-4-9(8)19(10)14(21)11-12(15(22)23)18-6-5-17-11/h1-6,10H,7H2,(H2,16,20)(H,22,23)/t10-/m0/s1. The topological polar surface area (TPSA) is 126 Å². The van der Waals surface area contributed by atoms with Crippen LogP contribution in [0, 0.1) is 0 Å². The molecule has 2 amide bonds. The molecule has 0 radical (unpaired) electrons. The Labute approximate surface area is 130 Å². The molecule has 23 heavy (non-hydrogen) atoms. The molecule has 0 spiro atoms. The summed E-state index contributed by atoms with van der Waals surface area (Å²) in [4.78, 5) is 44.4. The maximum Gasteiger partial charge on any atom is 0.356 e. The van der Waals surface area contributed by atoms with Crippen molar-refractivity contribution in [2.24, 2.45) is 5.73 Å². The van der Waals surface area contributed by atoms with Crippen LogP contribution in [0.3, 0.4) is 0 Å². The molecule has 8 nitrogen and oxygen atoms in total. The SMILES string of the molecule is NC(=O)[C@@H]1Cc2ccccc2N1C(=O)c1nccnc1C(=O)O. The second-order valence-corrected chi connectivity index (χ2v) is 4.98. The Morgan fingerprint density at radius 2 is 1.78 bits per heavy atom. The zero-order chi connectivity index (χ0) is 16.6. The molecule has 0 aliphatic carbocycles. The van der Waals surface area contributed by atoms with Gasteiger partial charge in [-0.15, -0.1) is 0 Å². The van der Waals surface area contributed by atoms with Gasteiger partial charge in [-0.05, 0) is 11.6 Å². The number of carboxylic acids is 1. The van der Waals surface area contributed by atoms with Gasteiger partial charge in [0.1, 0.15) is 6.04 Å². The first-order chi connectivity index (χ1) is 11.0. The van der Waals surface area contributed by atoms with E-state index in [0.29, 0.717) is 5.69 Å². The van der Waals surface area contributed by atoms with Gasteiger partial charge in [-0.25, -0.2) is 14.8 Å². The molecule has 2 heterocycles. The van der Waals surface area contributed by atoms with Crippen molar-refractivity contribution in [2.45, 2.75) is 12.5 Å². The Morgan fingerprint density at radius 3 is 2.43 bits per heavy atom. The molecule has 3 rings (SSSR count). The minimum absolute atomic E-state index is 0.278.